The molecule has 0 bridgehead atoms. The zero-order chi connectivity index (χ0) is 18.6. The van der Waals surface area contributed by atoms with Crippen LogP contribution < -0.4 is 10.1 Å². The first kappa shape index (κ1) is 19.4. The van der Waals surface area contributed by atoms with Gasteiger partial charge in [-0.2, -0.15) is 0 Å². The summed E-state index contributed by atoms with van der Waals surface area (Å²) >= 11 is 0. The Morgan fingerprint density at radius 3 is 2.32 bits per heavy atom. The lowest BCUT2D eigenvalue weighted by molar-refractivity contribution is 0.386. The third-order valence-electron chi connectivity index (χ3n) is 3.99. The van der Waals surface area contributed by atoms with Gasteiger partial charge in [-0.1, -0.05) is 18.2 Å². The summed E-state index contributed by atoms with van der Waals surface area (Å²) in [6.07, 6.45) is 0. The average Bonchev–Trinajstić information content (AvgIpc) is 2.59. The van der Waals surface area contributed by atoms with Gasteiger partial charge in [0.2, 0.25) is 10.0 Å². The normalized spacial score (nSPS) is 13.0. The summed E-state index contributed by atoms with van der Waals surface area (Å²) in [5.74, 6) is -0.179. The third-order valence-corrected chi connectivity index (χ3v) is 5.82. The van der Waals surface area contributed by atoms with Crippen LogP contribution in [0.3, 0.4) is 0 Å². The predicted molar refractivity (Wildman–Crippen MR) is 95.5 cm³/mol. The van der Waals surface area contributed by atoms with Gasteiger partial charge in [0.05, 0.1) is 12.0 Å². The number of rotatable bonds is 7. The van der Waals surface area contributed by atoms with E-state index in [-0.39, 0.29) is 16.7 Å². The lowest BCUT2D eigenvalue weighted by Crippen LogP contribution is -2.22. The zero-order valence-corrected chi connectivity index (χ0v) is 15.6. The van der Waals surface area contributed by atoms with Crippen molar-refractivity contribution in [3.05, 3.63) is 59.4 Å². The molecule has 0 heterocycles. The van der Waals surface area contributed by atoms with Crippen LogP contribution in [0.4, 0.5) is 4.39 Å². The van der Waals surface area contributed by atoms with Gasteiger partial charge in [0.1, 0.15) is 0 Å². The summed E-state index contributed by atoms with van der Waals surface area (Å²) in [6.45, 7) is 2.45. The van der Waals surface area contributed by atoms with Gasteiger partial charge in [0.15, 0.2) is 11.6 Å². The Labute approximate surface area is 148 Å². The molecule has 5 nitrogen and oxygen atoms in total. The fourth-order valence-electron chi connectivity index (χ4n) is 2.35. The van der Waals surface area contributed by atoms with Crippen LogP contribution in [-0.2, 0) is 16.6 Å². The van der Waals surface area contributed by atoms with Crippen molar-refractivity contribution in [2.45, 2.75) is 24.4 Å². The summed E-state index contributed by atoms with van der Waals surface area (Å²) < 4.78 is 43.9. The molecule has 2 rings (SSSR count). The molecular weight excluding hydrogens is 343 g/mol. The Balaban J connectivity index is 2.04. The van der Waals surface area contributed by atoms with Crippen LogP contribution in [0.1, 0.15) is 24.1 Å². The fraction of sp³-hybridized carbons (Fsp3) is 0.333. The Kier molecular flexibility index (Phi) is 6.16. The van der Waals surface area contributed by atoms with Gasteiger partial charge in [0.25, 0.3) is 0 Å². The zero-order valence-electron chi connectivity index (χ0n) is 14.8. The van der Waals surface area contributed by atoms with Crippen LogP contribution in [0.5, 0.6) is 5.75 Å². The number of sulfonamides is 1. The molecular formula is C18H23FN2O3S. The molecule has 2 aromatic rings. The van der Waals surface area contributed by atoms with Crippen LogP contribution in [0, 0.1) is 5.82 Å². The monoisotopic (exact) mass is 366 g/mol. The van der Waals surface area contributed by atoms with E-state index in [9.17, 15) is 12.8 Å². The van der Waals surface area contributed by atoms with Gasteiger partial charge in [0, 0.05) is 26.7 Å². The van der Waals surface area contributed by atoms with Crippen LogP contribution in [0.25, 0.3) is 0 Å². The second kappa shape index (κ2) is 7.95. The highest BCUT2D eigenvalue weighted by molar-refractivity contribution is 7.89. The van der Waals surface area contributed by atoms with Crippen LogP contribution in [-0.4, -0.2) is 33.9 Å². The fourth-order valence-corrected chi connectivity index (χ4v) is 3.25. The first-order valence-corrected chi connectivity index (χ1v) is 9.28. The van der Waals surface area contributed by atoms with Crippen molar-refractivity contribution >= 4 is 10.0 Å². The number of benzene rings is 2. The van der Waals surface area contributed by atoms with Gasteiger partial charge in [-0.3, -0.25) is 0 Å². The molecule has 25 heavy (non-hydrogen) atoms. The first-order chi connectivity index (χ1) is 11.8. The number of hydrogen-bond acceptors (Lipinski definition) is 4. The predicted octanol–water partition coefficient (Wildman–Crippen LogP) is 2.94. The topological polar surface area (TPSA) is 58.6 Å². The molecule has 0 saturated heterocycles. The number of hydrogen-bond donors (Lipinski definition) is 1. The number of nitrogens with one attached hydrogen (secondary N) is 1. The second-order valence-corrected chi connectivity index (χ2v) is 8.08. The Bertz CT molecular complexity index is 821. The maximum absolute atomic E-state index is 13.7. The molecule has 0 fully saturated rings. The third kappa shape index (κ3) is 4.56. The maximum atomic E-state index is 13.7. The minimum atomic E-state index is -3.43. The molecule has 1 atom stereocenters. The molecule has 0 aliphatic heterocycles. The van der Waals surface area contributed by atoms with Crippen molar-refractivity contribution in [2.24, 2.45) is 0 Å². The van der Waals surface area contributed by atoms with E-state index in [2.05, 4.69) is 5.32 Å². The molecule has 0 saturated carbocycles. The molecule has 1 N–H and O–H groups in total. The summed E-state index contributed by atoms with van der Waals surface area (Å²) in [4.78, 5) is 0.255. The summed E-state index contributed by atoms with van der Waals surface area (Å²) in [6, 6.07) is 11.6. The van der Waals surface area contributed by atoms with Gasteiger partial charge < -0.3 is 10.1 Å². The van der Waals surface area contributed by atoms with E-state index < -0.39 is 15.8 Å². The minimum absolute atomic E-state index is 0.0127. The largest absolute Gasteiger partial charge is 0.494 e. The van der Waals surface area contributed by atoms with Crippen molar-refractivity contribution in [2.75, 3.05) is 21.2 Å². The number of methoxy groups -OCH3 is 1. The van der Waals surface area contributed by atoms with E-state index in [1.165, 1.54) is 31.6 Å². The van der Waals surface area contributed by atoms with Crippen LogP contribution >= 0.6 is 0 Å². The van der Waals surface area contributed by atoms with Crippen molar-refractivity contribution in [1.82, 2.24) is 9.62 Å². The van der Waals surface area contributed by atoms with E-state index >= 15 is 0 Å². The number of ether oxygens (including phenoxy) is 1. The van der Waals surface area contributed by atoms with Gasteiger partial charge >= 0.3 is 0 Å². The Morgan fingerprint density at radius 2 is 1.80 bits per heavy atom. The standard InChI is InChI=1S/C18H23FN2O3S/c1-13(20-12-14-5-10-18(24-4)17(19)11-14)15-6-8-16(9-7-15)25(22,23)21(2)3/h5-11,13,20H,12H2,1-4H3. The quantitative estimate of drug-likeness (QED) is 0.819. The molecule has 0 radical (unpaired) electrons. The Hall–Kier alpha value is -1.96. The Morgan fingerprint density at radius 1 is 1.16 bits per heavy atom. The SMILES string of the molecule is COc1ccc(CNC(C)c2ccc(S(=O)(=O)N(C)C)cc2)cc1F. The van der Waals surface area contributed by atoms with Crippen molar-refractivity contribution in [3.63, 3.8) is 0 Å². The smallest absolute Gasteiger partial charge is 0.242 e. The van der Waals surface area contributed by atoms with Gasteiger partial charge in [-0.25, -0.2) is 17.1 Å². The van der Waals surface area contributed by atoms with Crippen LogP contribution in [0.15, 0.2) is 47.4 Å². The molecule has 0 aromatic heterocycles. The van der Waals surface area contributed by atoms with Gasteiger partial charge in [-0.15, -0.1) is 0 Å². The molecule has 0 aliphatic rings. The maximum Gasteiger partial charge on any atom is 0.242 e. The lowest BCUT2D eigenvalue weighted by atomic mass is 10.1. The lowest BCUT2D eigenvalue weighted by Gasteiger charge is -2.16. The van der Waals surface area contributed by atoms with Crippen LogP contribution in [0.2, 0.25) is 0 Å². The molecule has 0 spiro atoms. The molecule has 7 heteroatoms. The second-order valence-electron chi connectivity index (χ2n) is 5.93. The van der Waals surface area contributed by atoms with E-state index in [1.807, 2.05) is 6.92 Å². The van der Waals surface area contributed by atoms with Crippen molar-refractivity contribution < 1.29 is 17.5 Å². The van der Waals surface area contributed by atoms with Crippen molar-refractivity contribution in [3.8, 4) is 5.75 Å². The molecule has 136 valence electrons. The first-order valence-electron chi connectivity index (χ1n) is 7.84. The van der Waals surface area contributed by atoms with Crippen molar-refractivity contribution in [1.29, 1.82) is 0 Å². The van der Waals surface area contributed by atoms with E-state index in [1.54, 1.807) is 36.4 Å². The molecule has 2 aromatic carbocycles. The molecule has 1 unspecified atom stereocenters. The highest BCUT2D eigenvalue weighted by Gasteiger charge is 2.17. The average molecular weight is 366 g/mol. The summed E-state index contributed by atoms with van der Waals surface area (Å²) in [7, 11) is 1.01. The summed E-state index contributed by atoms with van der Waals surface area (Å²) in [5, 5.41) is 3.29. The van der Waals surface area contributed by atoms with E-state index in [0.717, 1.165) is 11.1 Å². The highest BCUT2D eigenvalue weighted by atomic mass is 32.2. The number of nitrogens with zero attached hydrogens (tertiary/aromatic N) is 1. The minimum Gasteiger partial charge on any atom is -0.494 e. The molecule has 0 aliphatic carbocycles. The highest BCUT2D eigenvalue weighted by Crippen LogP contribution is 2.20. The summed E-state index contributed by atoms with van der Waals surface area (Å²) in [5.41, 5.74) is 1.75. The number of halogens is 1. The van der Waals surface area contributed by atoms with E-state index in [4.69, 9.17) is 4.74 Å². The van der Waals surface area contributed by atoms with Gasteiger partial charge in [-0.05, 0) is 42.3 Å². The van der Waals surface area contributed by atoms with E-state index in [0.29, 0.717) is 6.54 Å². The molecule has 0 amide bonds.